The molecular weight excluding hydrogens is 306 g/mol. The predicted octanol–water partition coefficient (Wildman–Crippen LogP) is 4.52. The first-order valence-corrected chi connectivity index (χ1v) is 7.37. The monoisotopic (exact) mass is 315 g/mol. The highest BCUT2D eigenvalue weighted by molar-refractivity contribution is 9.09. The summed E-state index contributed by atoms with van der Waals surface area (Å²) in [6.07, 6.45) is 2.81. The quantitative estimate of drug-likeness (QED) is 0.756. The number of aromatic nitrogens is 1. The van der Waals surface area contributed by atoms with Crippen LogP contribution in [-0.2, 0) is 6.42 Å². The molecule has 0 aliphatic heterocycles. The van der Waals surface area contributed by atoms with Gasteiger partial charge in [-0.3, -0.25) is 0 Å². The van der Waals surface area contributed by atoms with E-state index in [0.29, 0.717) is 5.92 Å². The number of benzene rings is 1. The lowest BCUT2D eigenvalue weighted by Crippen LogP contribution is -2.04. The van der Waals surface area contributed by atoms with Crippen molar-refractivity contribution in [3.63, 3.8) is 0 Å². The Morgan fingerprint density at radius 1 is 1.44 bits per heavy atom. The van der Waals surface area contributed by atoms with Gasteiger partial charge in [-0.1, -0.05) is 39.7 Å². The maximum absolute atomic E-state index is 6.00. The van der Waals surface area contributed by atoms with Gasteiger partial charge in [-0.2, -0.15) is 0 Å². The van der Waals surface area contributed by atoms with Crippen molar-refractivity contribution in [1.29, 1.82) is 0 Å². The fourth-order valence-corrected chi connectivity index (χ4v) is 3.09. The molecule has 84 valence electrons. The topological polar surface area (TPSA) is 12.9 Å². The lowest BCUT2D eigenvalue weighted by Gasteiger charge is -2.13. The summed E-state index contributed by atoms with van der Waals surface area (Å²) in [4.78, 5) is 4.32. The summed E-state index contributed by atoms with van der Waals surface area (Å²) in [6.45, 7) is 0. The Morgan fingerprint density at radius 2 is 2.31 bits per heavy atom. The molecule has 1 heterocycles. The van der Waals surface area contributed by atoms with Gasteiger partial charge in [0.05, 0.1) is 5.01 Å². The zero-order valence-corrected chi connectivity index (χ0v) is 11.7. The van der Waals surface area contributed by atoms with E-state index in [4.69, 9.17) is 11.6 Å². The van der Waals surface area contributed by atoms with E-state index in [0.717, 1.165) is 16.8 Å². The van der Waals surface area contributed by atoms with E-state index in [1.165, 1.54) is 10.6 Å². The molecule has 0 spiro atoms. The molecular formula is C12H11BrClNS. The van der Waals surface area contributed by atoms with Crippen LogP contribution >= 0.6 is 38.9 Å². The molecule has 0 bridgehead atoms. The third kappa shape index (κ3) is 3.06. The first-order chi connectivity index (χ1) is 7.79. The zero-order chi connectivity index (χ0) is 11.4. The fraction of sp³-hybridized carbons (Fsp3) is 0.250. The van der Waals surface area contributed by atoms with Gasteiger partial charge in [0, 0.05) is 28.4 Å². The van der Waals surface area contributed by atoms with Gasteiger partial charge in [-0.25, -0.2) is 4.98 Å². The number of alkyl halides is 1. The summed E-state index contributed by atoms with van der Waals surface area (Å²) in [7, 11) is 0. The third-order valence-corrected chi connectivity index (χ3v) is 4.23. The van der Waals surface area contributed by atoms with E-state index in [2.05, 4.69) is 27.0 Å². The number of rotatable bonds is 4. The molecule has 0 N–H and O–H groups in total. The normalized spacial score (nSPS) is 12.6. The smallest absolute Gasteiger partial charge is 0.0931 e. The molecule has 1 aromatic carbocycles. The van der Waals surface area contributed by atoms with Gasteiger partial charge in [0.1, 0.15) is 0 Å². The molecule has 0 aliphatic carbocycles. The summed E-state index contributed by atoms with van der Waals surface area (Å²) in [5, 5.41) is 4.90. The van der Waals surface area contributed by atoms with Crippen molar-refractivity contribution >= 4 is 38.9 Å². The molecule has 0 saturated heterocycles. The molecule has 1 unspecified atom stereocenters. The molecule has 4 heteroatoms. The van der Waals surface area contributed by atoms with Crippen LogP contribution in [-0.4, -0.2) is 10.3 Å². The Labute approximate surface area is 113 Å². The second-order valence-electron chi connectivity index (χ2n) is 3.54. The maximum Gasteiger partial charge on any atom is 0.0931 e. The van der Waals surface area contributed by atoms with Crippen molar-refractivity contribution in [3.8, 4) is 0 Å². The second-order valence-corrected chi connectivity index (χ2v) is 5.60. The first-order valence-electron chi connectivity index (χ1n) is 4.99. The molecule has 1 atom stereocenters. The Balaban J connectivity index is 2.16. The Morgan fingerprint density at radius 3 is 2.94 bits per heavy atom. The van der Waals surface area contributed by atoms with Gasteiger partial charge in [0.15, 0.2) is 0 Å². The van der Waals surface area contributed by atoms with Crippen LogP contribution in [0, 0.1) is 0 Å². The molecule has 0 fully saturated rings. The van der Waals surface area contributed by atoms with Gasteiger partial charge in [-0.05, 0) is 23.6 Å². The summed E-state index contributed by atoms with van der Waals surface area (Å²) in [5.41, 5.74) is 1.26. The van der Waals surface area contributed by atoms with E-state index in [-0.39, 0.29) is 0 Å². The Hall–Kier alpha value is -0.380. The van der Waals surface area contributed by atoms with Crippen LogP contribution in [0.2, 0.25) is 5.02 Å². The van der Waals surface area contributed by atoms with Crippen molar-refractivity contribution < 1.29 is 0 Å². The number of halogens is 2. The maximum atomic E-state index is 6.00. The lowest BCUT2D eigenvalue weighted by molar-refractivity contribution is 0.770. The molecule has 0 aliphatic rings. The minimum absolute atomic E-state index is 0.435. The molecule has 2 aromatic rings. The molecule has 0 saturated carbocycles. The van der Waals surface area contributed by atoms with Crippen LogP contribution < -0.4 is 0 Å². The van der Waals surface area contributed by atoms with Crippen LogP contribution in [0.25, 0.3) is 0 Å². The summed E-state index contributed by atoms with van der Waals surface area (Å²) in [6, 6.07) is 8.04. The first kappa shape index (κ1) is 12.1. The highest BCUT2D eigenvalue weighted by atomic mass is 79.9. The van der Waals surface area contributed by atoms with Gasteiger partial charge in [0.2, 0.25) is 0 Å². The Bertz CT molecular complexity index is 444. The van der Waals surface area contributed by atoms with Crippen molar-refractivity contribution in [2.24, 2.45) is 0 Å². The molecule has 1 nitrogen and oxygen atoms in total. The summed E-state index contributed by atoms with van der Waals surface area (Å²) >= 11 is 11.3. The molecule has 0 radical (unpaired) electrons. The van der Waals surface area contributed by atoms with Crippen molar-refractivity contribution in [1.82, 2.24) is 4.98 Å². The van der Waals surface area contributed by atoms with Crippen LogP contribution in [0.15, 0.2) is 35.8 Å². The zero-order valence-electron chi connectivity index (χ0n) is 8.57. The predicted molar refractivity (Wildman–Crippen MR) is 73.8 cm³/mol. The van der Waals surface area contributed by atoms with Crippen LogP contribution in [0.4, 0.5) is 0 Å². The summed E-state index contributed by atoms with van der Waals surface area (Å²) in [5.74, 6) is 0.435. The second kappa shape index (κ2) is 5.80. The number of thiazole rings is 1. The van der Waals surface area contributed by atoms with E-state index >= 15 is 0 Å². The molecule has 16 heavy (non-hydrogen) atoms. The SMILES string of the molecule is Clc1cccc(C(CBr)Cc2nccs2)c1. The van der Waals surface area contributed by atoms with Gasteiger partial charge in [0.25, 0.3) is 0 Å². The third-order valence-electron chi connectivity index (χ3n) is 2.41. The van der Waals surface area contributed by atoms with Crippen molar-refractivity contribution in [3.05, 3.63) is 51.4 Å². The van der Waals surface area contributed by atoms with E-state index < -0.39 is 0 Å². The molecule has 0 amide bonds. The van der Waals surface area contributed by atoms with Crippen molar-refractivity contribution in [2.75, 3.05) is 5.33 Å². The Kier molecular flexibility index (Phi) is 4.38. The van der Waals surface area contributed by atoms with E-state index in [1.807, 2.05) is 29.8 Å². The standard InChI is InChI=1S/C12H11BrClNS/c13-8-10(7-12-15-4-5-16-12)9-2-1-3-11(14)6-9/h1-6,10H,7-8H2. The van der Waals surface area contributed by atoms with Gasteiger partial charge in [-0.15, -0.1) is 11.3 Å². The highest BCUT2D eigenvalue weighted by Crippen LogP contribution is 2.25. The number of hydrogen-bond donors (Lipinski definition) is 0. The van der Waals surface area contributed by atoms with Crippen molar-refractivity contribution in [2.45, 2.75) is 12.3 Å². The van der Waals surface area contributed by atoms with E-state index in [1.54, 1.807) is 11.3 Å². The average molecular weight is 317 g/mol. The number of nitrogens with zero attached hydrogens (tertiary/aromatic N) is 1. The van der Waals surface area contributed by atoms with Crippen LogP contribution in [0.1, 0.15) is 16.5 Å². The fourth-order valence-electron chi connectivity index (χ4n) is 1.59. The van der Waals surface area contributed by atoms with Gasteiger partial charge >= 0.3 is 0 Å². The molecule has 2 rings (SSSR count). The minimum atomic E-state index is 0.435. The van der Waals surface area contributed by atoms with Crippen LogP contribution in [0.3, 0.4) is 0 Å². The van der Waals surface area contributed by atoms with E-state index in [9.17, 15) is 0 Å². The lowest BCUT2D eigenvalue weighted by atomic mass is 9.98. The summed E-state index contributed by atoms with van der Waals surface area (Å²) < 4.78 is 0. The highest BCUT2D eigenvalue weighted by Gasteiger charge is 2.12. The molecule has 1 aromatic heterocycles. The largest absolute Gasteiger partial charge is 0.250 e. The average Bonchev–Trinajstić information content (AvgIpc) is 2.78. The van der Waals surface area contributed by atoms with Crippen LogP contribution in [0.5, 0.6) is 0 Å². The number of hydrogen-bond acceptors (Lipinski definition) is 2. The van der Waals surface area contributed by atoms with Gasteiger partial charge < -0.3 is 0 Å². The minimum Gasteiger partial charge on any atom is -0.250 e.